The van der Waals surface area contributed by atoms with Gasteiger partial charge in [-0.15, -0.1) is 0 Å². The van der Waals surface area contributed by atoms with Gasteiger partial charge in [0.15, 0.2) is 0 Å². The normalized spacial score (nSPS) is 21.6. The van der Waals surface area contributed by atoms with Crippen molar-refractivity contribution in [1.82, 2.24) is 10.6 Å². The quantitative estimate of drug-likeness (QED) is 0.592. The number of aliphatic carboxylic acids is 1. The lowest BCUT2D eigenvalue weighted by molar-refractivity contribution is -0.139. The van der Waals surface area contributed by atoms with Gasteiger partial charge in [0.2, 0.25) is 0 Å². The van der Waals surface area contributed by atoms with E-state index in [-0.39, 0.29) is 6.17 Å². The molecule has 0 saturated carbocycles. The Labute approximate surface area is 82.9 Å². The molecule has 5 nitrogen and oxygen atoms in total. The topological polar surface area (TPSA) is 73.7 Å². The summed E-state index contributed by atoms with van der Waals surface area (Å²) in [6, 6.07) is -0.523. The molecule has 0 radical (unpaired) electrons. The molecule has 0 bridgehead atoms. The van der Waals surface area contributed by atoms with Crippen LogP contribution >= 0.6 is 0 Å². The molecule has 0 amide bonds. The third-order valence-electron chi connectivity index (χ3n) is 1.93. The molecule has 1 aliphatic heterocycles. The Bertz CT molecular complexity index is 238. The number of carboxylic acid groups (broad SMARTS) is 1. The first kappa shape index (κ1) is 10.7. The number of nitrogens with one attached hydrogen (secondary N) is 2. The van der Waals surface area contributed by atoms with E-state index in [1.807, 2.05) is 6.92 Å². The van der Waals surface area contributed by atoms with E-state index >= 15 is 0 Å². The number of rotatable bonds is 5. The highest BCUT2D eigenvalue weighted by Gasteiger charge is 2.18. The molecular formula is C9H15N3O2. The summed E-state index contributed by atoms with van der Waals surface area (Å²) in [6.07, 6.45) is 6.28. The van der Waals surface area contributed by atoms with E-state index in [1.165, 1.54) is 0 Å². The Balaban J connectivity index is 2.45. The van der Waals surface area contributed by atoms with Gasteiger partial charge >= 0.3 is 5.97 Å². The fourth-order valence-corrected chi connectivity index (χ4v) is 1.23. The van der Waals surface area contributed by atoms with Crippen molar-refractivity contribution in [1.29, 1.82) is 0 Å². The summed E-state index contributed by atoms with van der Waals surface area (Å²) in [5.41, 5.74) is 0. The van der Waals surface area contributed by atoms with Crippen molar-refractivity contribution in [2.45, 2.75) is 32.0 Å². The fraction of sp³-hybridized carbons (Fsp3) is 0.556. The predicted octanol–water partition coefficient (Wildman–Crippen LogP) is 0.301. The van der Waals surface area contributed by atoms with Crippen LogP contribution in [0.3, 0.4) is 0 Å². The van der Waals surface area contributed by atoms with Crippen molar-refractivity contribution in [3.63, 3.8) is 0 Å². The van der Waals surface area contributed by atoms with Gasteiger partial charge in [-0.3, -0.25) is 15.1 Å². The molecule has 1 heterocycles. The van der Waals surface area contributed by atoms with E-state index in [4.69, 9.17) is 5.11 Å². The maximum absolute atomic E-state index is 10.8. The van der Waals surface area contributed by atoms with E-state index in [9.17, 15) is 4.79 Å². The third-order valence-corrected chi connectivity index (χ3v) is 1.93. The molecule has 78 valence electrons. The van der Waals surface area contributed by atoms with E-state index in [2.05, 4.69) is 15.6 Å². The summed E-state index contributed by atoms with van der Waals surface area (Å²) < 4.78 is 0. The molecule has 2 unspecified atom stereocenters. The summed E-state index contributed by atoms with van der Waals surface area (Å²) in [6.45, 7) is 1.96. The second-order valence-corrected chi connectivity index (χ2v) is 3.09. The van der Waals surface area contributed by atoms with Gasteiger partial charge in [-0.25, -0.2) is 0 Å². The zero-order chi connectivity index (χ0) is 10.4. The molecule has 1 aliphatic rings. The lowest BCUT2D eigenvalue weighted by Gasteiger charge is -2.18. The Morgan fingerprint density at radius 1 is 1.79 bits per heavy atom. The zero-order valence-electron chi connectivity index (χ0n) is 8.10. The first-order valence-corrected chi connectivity index (χ1v) is 4.67. The van der Waals surface area contributed by atoms with Gasteiger partial charge in [-0.05, 0) is 12.5 Å². The predicted molar refractivity (Wildman–Crippen MR) is 54.0 cm³/mol. The fourth-order valence-electron chi connectivity index (χ4n) is 1.23. The number of hydrogen-bond donors (Lipinski definition) is 3. The van der Waals surface area contributed by atoms with Gasteiger partial charge in [0.1, 0.15) is 12.2 Å². The molecule has 5 heteroatoms. The van der Waals surface area contributed by atoms with Crippen LogP contribution in [-0.4, -0.2) is 29.6 Å². The van der Waals surface area contributed by atoms with Gasteiger partial charge in [-0.2, -0.15) is 0 Å². The van der Waals surface area contributed by atoms with Gasteiger partial charge in [0, 0.05) is 6.20 Å². The molecule has 0 aliphatic carbocycles. The molecular weight excluding hydrogens is 182 g/mol. The lowest BCUT2D eigenvalue weighted by atomic mass is 10.1. The minimum atomic E-state index is -0.825. The van der Waals surface area contributed by atoms with Gasteiger partial charge < -0.3 is 10.4 Å². The first-order chi connectivity index (χ1) is 6.74. The van der Waals surface area contributed by atoms with Crippen LogP contribution in [0.1, 0.15) is 19.8 Å². The van der Waals surface area contributed by atoms with Crippen LogP contribution in [0.2, 0.25) is 0 Å². The van der Waals surface area contributed by atoms with E-state index in [1.54, 1.807) is 18.6 Å². The van der Waals surface area contributed by atoms with Crippen LogP contribution in [-0.2, 0) is 4.79 Å². The zero-order valence-corrected chi connectivity index (χ0v) is 8.10. The highest BCUT2D eigenvalue weighted by Crippen LogP contribution is 2.01. The molecule has 14 heavy (non-hydrogen) atoms. The highest BCUT2D eigenvalue weighted by atomic mass is 16.4. The van der Waals surface area contributed by atoms with E-state index in [0.717, 1.165) is 6.42 Å². The van der Waals surface area contributed by atoms with Gasteiger partial charge in [-0.1, -0.05) is 13.3 Å². The van der Waals surface area contributed by atoms with Gasteiger partial charge in [0.25, 0.3) is 0 Å². The molecule has 0 saturated heterocycles. The third kappa shape index (κ3) is 3.18. The van der Waals surface area contributed by atoms with Crippen molar-refractivity contribution < 1.29 is 9.90 Å². The van der Waals surface area contributed by atoms with Crippen LogP contribution in [0.4, 0.5) is 0 Å². The molecule has 0 spiro atoms. The average molecular weight is 197 g/mol. The van der Waals surface area contributed by atoms with Crippen molar-refractivity contribution in [3.05, 3.63) is 12.3 Å². The minimum Gasteiger partial charge on any atom is -0.480 e. The largest absolute Gasteiger partial charge is 0.480 e. The van der Waals surface area contributed by atoms with Crippen molar-refractivity contribution >= 4 is 12.3 Å². The molecule has 3 N–H and O–H groups in total. The number of aliphatic imine (C=N–C) groups is 1. The van der Waals surface area contributed by atoms with Crippen molar-refractivity contribution in [2.75, 3.05) is 0 Å². The Hall–Kier alpha value is -1.36. The van der Waals surface area contributed by atoms with E-state index < -0.39 is 12.0 Å². The SMILES string of the molecule is CCCC(NC1C=CNC=N1)C(=O)O. The summed E-state index contributed by atoms with van der Waals surface area (Å²) in [4.78, 5) is 14.8. The second-order valence-electron chi connectivity index (χ2n) is 3.09. The molecule has 1 rings (SSSR count). The molecule has 0 aromatic heterocycles. The number of hydrogen-bond acceptors (Lipinski definition) is 4. The monoisotopic (exact) mass is 197 g/mol. The average Bonchev–Trinajstić information content (AvgIpc) is 2.18. The molecule has 0 aromatic rings. The standard InChI is InChI=1S/C9H15N3O2/c1-2-3-7(9(13)14)12-8-4-5-10-6-11-8/h4-8,12H,2-3H2,1H3,(H,10,11)(H,13,14). The van der Waals surface area contributed by atoms with Crippen LogP contribution < -0.4 is 10.6 Å². The Morgan fingerprint density at radius 2 is 2.57 bits per heavy atom. The molecule has 2 atom stereocenters. The maximum Gasteiger partial charge on any atom is 0.320 e. The van der Waals surface area contributed by atoms with E-state index in [0.29, 0.717) is 6.42 Å². The molecule has 0 fully saturated rings. The van der Waals surface area contributed by atoms with Crippen LogP contribution in [0.5, 0.6) is 0 Å². The number of carboxylic acids is 1. The van der Waals surface area contributed by atoms with Crippen LogP contribution in [0.15, 0.2) is 17.3 Å². The summed E-state index contributed by atoms with van der Waals surface area (Å²) in [7, 11) is 0. The number of nitrogens with zero attached hydrogens (tertiary/aromatic N) is 1. The summed E-state index contributed by atoms with van der Waals surface area (Å²) in [5, 5.41) is 14.6. The first-order valence-electron chi connectivity index (χ1n) is 4.67. The number of carbonyl (C=O) groups is 1. The summed E-state index contributed by atoms with van der Waals surface area (Å²) in [5.74, 6) is -0.825. The van der Waals surface area contributed by atoms with Crippen molar-refractivity contribution in [2.24, 2.45) is 4.99 Å². The van der Waals surface area contributed by atoms with Crippen LogP contribution in [0, 0.1) is 0 Å². The van der Waals surface area contributed by atoms with Crippen LogP contribution in [0.25, 0.3) is 0 Å². The van der Waals surface area contributed by atoms with Gasteiger partial charge in [0.05, 0.1) is 6.34 Å². The minimum absolute atomic E-state index is 0.233. The Morgan fingerprint density at radius 3 is 3.07 bits per heavy atom. The second kappa shape index (κ2) is 5.39. The smallest absolute Gasteiger partial charge is 0.320 e. The summed E-state index contributed by atoms with van der Waals surface area (Å²) >= 11 is 0. The highest BCUT2D eigenvalue weighted by molar-refractivity contribution is 5.73. The maximum atomic E-state index is 10.8. The lowest BCUT2D eigenvalue weighted by Crippen LogP contribution is -2.42. The van der Waals surface area contributed by atoms with Crippen molar-refractivity contribution in [3.8, 4) is 0 Å². The molecule has 0 aromatic carbocycles. The Kier molecular flexibility index (Phi) is 4.12.